The first-order chi connectivity index (χ1) is 8.15. The Hall–Kier alpha value is -0.570. The first-order valence-electron chi connectivity index (χ1n) is 5.72. The van der Waals surface area contributed by atoms with Gasteiger partial charge in [-0.2, -0.15) is 0 Å². The first kappa shape index (κ1) is 12.9. The zero-order chi connectivity index (χ0) is 12.3. The van der Waals surface area contributed by atoms with Gasteiger partial charge in [-0.15, -0.1) is 0 Å². The van der Waals surface area contributed by atoms with Gasteiger partial charge in [0, 0.05) is 29.5 Å². The van der Waals surface area contributed by atoms with E-state index in [0.29, 0.717) is 22.9 Å². The fraction of sp³-hybridized carbons (Fsp3) is 0.462. The van der Waals surface area contributed by atoms with E-state index in [1.54, 1.807) is 18.2 Å². The number of hydrogen-bond acceptors (Lipinski definition) is 2. The monoisotopic (exact) mass is 272 g/mol. The van der Waals surface area contributed by atoms with Crippen molar-refractivity contribution in [3.63, 3.8) is 0 Å². The van der Waals surface area contributed by atoms with Crippen LogP contribution in [0.1, 0.15) is 24.8 Å². The van der Waals surface area contributed by atoms with Crippen molar-refractivity contribution in [1.82, 2.24) is 0 Å². The Kier molecular flexibility index (Phi) is 4.43. The van der Waals surface area contributed by atoms with Crippen LogP contribution < -0.4 is 0 Å². The van der Waals surface area contributed by atoms with E-state index in [-0.39, 0.29) is 11.9 Å². The van der Waals surface area contributed by atoms with Gasteiger partial charge in [-0.1, -0.05) is 23.2 Å². The van der Waals surface area contributed by atoms with E-state index < -0.39 is 0 Å². The van der Waals surface area contributed by atoms with Crippen LogP contribution >= 0.6 is 23.2 Å². The molecule has 2 rings (SSSR count). The fourth-order valence-corrected chi connectivity index (χ4v) is 2.40. The van der Waals surface area contributed by atoms with E-state index in [9.17, 15) is 4.79 Å². The quantitative estimate of drug-likeness (QED) is 0.836. The zero-order valence-electron chi connectivity index (χ0n) is 9.42. The predicted molar refractivity (Wildman–Crippen MR) is 68.8 cm³/mol. The maximum absolute atomic E-state index is 11.9. The Morgan fingerprint density at radius 1 is 1.41 bits per heavy atom. The van der Waals surface area contributed by atoms with Crippen molar-refractivity contribution in [2.24, 2.45) is 0 Å². The van der Waals surface area contributed by atoms with Gasteiger partial charge in [0.15, 0.2) is 0 Å². The van der Waals surface area contributed by atoms with E-state index >= 15 is 0 Å². The number of carbonyl (C=O) groups is 1. The van der Waals surface area contributed by atoms with Crippen molar-refractivity contribution in [3.8, 4) is 0 Å². The molecule has 1 aliphatic heterocycles. The van der Waals surface area contributed by atoms with E-state index in [4.69, 9.17) is 27.9 Å². The molecule has 1 atom stereocenters. The largest absolute Gasteiger partial charge is 0.378 e. The summed E-state index contributed by atoms with van der Waals surface area (Å²) in [5.74, 6) is 0.154. The van der Waals surface area contributed by atoms with Gasteiger partial charge < -0.3 is 4.74 Å². The van der Waals surface area contributed by atoms with E-state index in [1.165, 1.54) is 0 Å². The Morgan fingerprint density at radius 2 is 2.24 bits per heavy atom. The molecule has 0 saturated carbocycles. The van der Waals surface area contributed by atoms with Crippen molar-refractivity contribution >= 4 is 29.0 Å². The third kappa shape index (κ3) is 3.70. The van der Waals surface area contributed by atoms with Crippen LogP contribution in [0.3, 0.4) is 0 Å². The fourth-order valence-electron chi connectivity index (χ4n) is 2.02. The lowest BCUT2D eigenvalue weighted by Gasteiger charge is -2.09. The molecule has 1 heterocycles. The topological polar surface area (TPSA) is 26.3 Å². The normalized spacial score (nSPS) is 19.5. The van der Waals surface area contributed by atoms with Gasteiger partial charge in [-0.25, -0.2) is 0 Å². The lowest BCUT2D eigenvalue weighted by atomic mass is 10.0. The average molecular weight is 273 g/mol. The smallest absolute Gasteiger partial charge is 0.139 e. The van der Waals surface area contributed by atoms with Gasteiger partial charge in [-0.3, -0.25) is 4.79 Å². The first-order valence-corrected chi connectivity index (χ1v) is 6.48. The van der Waals surface area contributed by atoms with Gasteiger partial charge in [-0.05, 0) is 36.6 Å². The number of hydrogen-bond donors (Lipinski definition) is 0. The van der Waals surface area contributed by atoms with Crippen molar-refractivity contribution in [1.29, 1.82) is 0 Å². The summed E-state index contributed by atoms with van der Waals surface area (Å²) in [6, 6.07) is 5.19. The molecule has 1 saturated heterocycles. The summed E-state index contributed by atoms with van der Waals surface area (Å²) in [6.07, 6.45) is 2.94. The van der Waals surface area contributed by atoms with E-state index in [1.807, 2.05) is 0 Å². The SMILES string of the molecule is O=C(Cc1cc(Cl)ccc1Cl)CC1CCCO1. The molecule has 1 aromatic rings. The van der Waals surface area contributed by atoms with Crippen LogP contribution in [-0.4, -0.2) is 18.5 Å². The number of ketones is 1. The number of Topliss-reactive ketones (excluding diaryl/α,β-unsaturated/α-hetero) is 1. The Morgan fingerprint density at radius 3 is 2.94 bits per heavy atom. The summed E-state index contributed by atoms with van der Waals surface area (Å²) in [6.45, 7) is 0.774. The van der Waals surface area contributed by atoms with Crippen molar-refractivity contribution in [2.45, 2.75) is 31.8 Å². The second-order valence-corrected chi connectivity index (χ2v) is 5.13. The molecule has 0 aromatic heterocycles. The highest BCUT2D eigenvalue weighted by Gasteiger charge is 2.19. The minimum Gasteiger partial charge on any atom is -0.378 e. The molecule has 0 spiro atoms. The highest BCUT2D eigenvalue weighted by Crippen LogP contribution is 2.23. The lowest BCUT2D eigenvalue weighted by Crippen LogP contribution is -2.14. The molecule has 1 fully saturated rings. The van der Waals surface area contributed by atoms with Crippen molar-refractivity contribution in [3.05, 3.63) is 33.8 Å². The zero-order valence-corrected chi connectivity index (χ0v) is 10.9. The van der Waals surface area contributed by atoms with Crippen molar-refractivity contribution < 1.29 is 9.53 Å². The molecule has 1 aliphatic rings. The molecule has 0 N–H and O–H groups in total. The molecule has 2 nitrogen and oxygen atoms in total. The van der Waals surface area contributed by atoms with Crippen LogP contribution in [0.4, 0.5) is 0 Å². The van der Waals surface area contributed by atoms with Crippen LogP contribution in [0.15, 0.2) is 18.2 Å². The van der Waals surface area contributed by atoms with Gasteiger partial charge in [0.2, 0.25) is 0 Å². The number of rotatable bonds is 4. The summed E-state index contributed by atoms with van der Waals surface area (Å²) in [5.41, 5.74) is 0.794. The van der Waals surface area contributed by atoms with Crippen molar-refractivity contribution in [2.75, 3.05) is 6.61 Å². The maximum Gasteiger partial charge on any atom is 0.139 e. The molecule has 0 aliphatic carbocycles. The molecule has 17 heavy (non-hydrogen) atoms. The summed E-state index contributed by atoms with van der Waals surface area (Å²) >= 11 is 11.9. The van der Waals surface area contributed by atoms with Gasteiger partial charge in [0.1, 0.15) is 5.78 Å². The Labute approximate surface area is 111 Å². The highest BCUT2D eigenvalue weighted by atomic mass is 35.5. The van der Waals surface area contributed by atoms with Crippen LogP contribution in [-0.2, 0) is 16.0 Å². The molecular weight excluding hydrogens is 259 g/mol. The Bertz CT molecular complexity index is 412. The third-order valence-electron chi connectivity index (χ3n) is 2.87. The minimum absolute atomic E-state index is 0.0976. The van der Waals surface area contributed by atoms with Crippen LogP contribution in [0.25, 0.3) is 0 Å². The number of halogens is 2. The van der Waals surface area contributed by atoms with E-state index in [2.05, 4.69) is 0 Å². The van der Waals surface area contributed by atoms with Crippen LogP contribution in [0.2, 0.25) is 10.0 Å². The second kappa shape index (κ2) is 5.85. The lowest BCUT2D eigenvalue weighted by molar-refractivity contribution is -0.120. The predicted octanol–water partition coefficient (Wildman–Crippen LogP) is 3.67. The summed E-state index contributed by atoms with van der Waals surface area (Å²) in [7, 11) is 0. The highest BCUT2D eigenvalue weighted by molar-refractivity contribution is 6.33. The van der Waals surface area contributed by atoms with E-state index in [0.717, 1.165) is 25.0 Å². The Balaban J connectivity index is 1.95. The minimum atomic E-state index is 0.0976. The summed E-state index contributed by atoms with van der Waals surface area (Å²) in [5, 5.41) is 1.20. The van der Waals surface area contributed by atoms with Gasteiger partial charge in [0.25, 0.3) is 0 Å². The molecule has 1 unspecified atom stereocenters. The molecule has 92 valence electrons. The van der Waals surface area contributed by atoms with Gasteiger partial charge >= 0.3 is 0 Å². The third-order valence-corrected chi connectivity index (χ3v) is 3.48. The average Bonchev–Trinajstić information content (AvgIpc) is 2.76. The van der Waals surface area contributed by atoms with Gasteiger partial charge in [0.05, 0.1) is 6.10 Å². The maximum atomic E-state index is 11.9. The second-order valence-electron chi connectivity index (χ2n) is 4.29. The molecule has 0 radical (unpaired) electrons. The molecule has 0 amide bonds. The summed E-state index contributed by atoms with van der Waals surface area (Å²) < 4.78 is 5.44. The number of benzene rings is 1. The number of carbonyl (C=O) groups excluding carboxylic acids is 1. The standard InChI is InChI=1S/C13H14Cl2O2/c14-10-3-4-13(15)9(6-10)7-11(16)8-12-2-1-5-17-12/h3-4,6,12H,1-2,5,7-8H2. The molecule has 0 bridgehead atoms. The van der Waals surface area contributed by atoms with Crippen LogP contribution in [0.5, 0.6) is 0 Å². The summed E-state index contributed by atoms with van der Waals surface area (Å²) in [4.78, 5) is 11.9. The molecule has 4 heteroatoms. The van der Waals surface area contributed by atoms with Crippen LogP contribution in [0, 0.1) is 0 Å². The number of ether oxygens (including phenoxy) is 1. The molecular formula is C13H14Cl2O2. The molecule has 1 aromatic carbocycles.